The zero-order valence-corrected chi connectivity index (χ0v) is 36.0. The lowest BCUT2D eigenvalue weighted by atomic mass is 9.85. The number of ether oxygens (including phenoxy) is 2. The molecule has 0 radical (unpaired) electrons. The molecule has 0 amide bonds. The normalized spacial score (nSPS) is 23.1. The van der Waals surface area contributed by atoms with Crippen LogP contribution < -0.4 is 0 Å². The molecule has 0 heterocycles. The van der Waals surface area contributed by atoms with E-state index in [2.05, 4.69) is 74.6 Å². The second-order valence-electron chi connectivity index (χ2n) is 14.8. The van der Waals surface area contributed by atoms with E-state index in [0.29, 0.717) is 12.8 Å². The number of aliphatic hydroxyl groups excluding tert-OH is 5. The van der Waals surface area contributed by atoms with Gasteiger partial charge in [0.05, 0.1) is 6.61 Å². The summed E-state index contributed by atoms with van der Waals surface area (Å²) in [5, 5.41) is 50.0. The topological polar surface area (TPSA) is 210 Å². The number of hydrogen-bond donors (Lipinski definition) is 6. The van der Waals surface area contributed by atoms with Crippen LogP contribution in [0.2, 0.25) is 0 Å². The van der Waals surface area contributed by atoms with E-state index in [4.69, 9.17) is 18.5 Å². The third-order valence-electron chi connectivity index (χ3n) is 9.57. The summed E-state index contributed by atoms with van der Waals surface area (Å²) in [5.74, 6) is -1.13. The number of rotatable bonds is 34. The number of unbranched alkanes of at least 4 members (excludes halogenated alkanes) is 12. The van der Waals surface area contributed by atoms with Crippen molar-refractivity contribution in [1.29, 1.82) is 0 Å². The summed E-state index contributed by atoms with van der Waals surface area (Å²) >= 11 is 0. The van der Waals surface area contributed by atoms with Crippen LogP contribution in [0.3, 0.4) is 0 Å². The van der Waals surface area contributed by atoms with Crippen molar-refractivity contribution in [2.24, 2.45) is 0 Å². The molecule has 6 atom stereocenters. The predicted octanol–water partition coefficient (Wildman–Crippen LogP) is 7.77. The number of hydrogen-bond acceptors (Lipinski definition) is 12. The van der Waals surface area contributed by atoms with Gasteiger partial charge in [0.2, 0.25) is 0 Å². The number of phosphoric acid groups is 1. The van der Waals surface area contributed by atoms with Gasteiger partial charge in [-0.1, -0.05) is 126 Å². The van der Waals surface area contributed by atoms with E-state index in [1.54, 1.807) is 0 Å². The van der Waals surface area contributed by atoms with Gasteiger partial charge in [-0.15, -0.1) is 0 Å². The van der Waals surface area contributed by atoms with Crippen LogP contribution in [0.4, 0.5) is 0 Å². The largest absolute Gasteiger partial charge is 0.472 e. The highest BCUT2D eigenvalue weighted by molar-refractivity contribution is 7.47. The minimum Gasteiger partial charge on any atom is -0.462 e. The Balaban J connectivity index is 2.48. The Hall–Kier alpha value is -2.45. The van der Waals surface area contributed by atoms with Gasteiger partial charge in [-0.2, -0.15) is 0 Å². The van der Waals surface area contributed by atoms with Crippen molar-refractivity contribution < 1.29 is 63.1 Å². The van der Waals surface area contributed by atoms with Crippen molar-refractivity contribution in [3.05, 3.63) is 60.8 Å². The molecular formula is C44H75O13P. The van der Waals surface area contributed by atoms with Gasteiger partial charge in [-0.25, -0.2) is 4.57 Å². The van der Waals surface area contributed by atoms with Crippen LogP contribution in [-0.4, -0.2) is 98.3 Å². The molecule has 0 aliphatic heterocycles. The summed E-state index contributed by atoms with van der Waals surface area (Å²) in [5.41, 5.74) is 0. The smallest absolute Gasteiger partial charge is 0.462 e. The van der Waals surface area contributed by atoms with Gasteiger partial charge in [-0.05, 0) is 70.6 Å². The van der Waals surface area contributed by atoms with E-state index < -0.39 is 75.7 Å². The first kappa shape index (κ1) is 53.6. The second-order valence-corrected chi connectivity index (χ2v) is 16.2. The Bertz CT molecular complexity index is 1250. The average molecular weight is 843 g/mol. The maximum Gasteiger partial charge on any atom is 0.472 e. The van der Waals surface area contributed by atoms with Crippen molar-refractivity contribution in [2.75, 3.05) is 13.2 Å². The molecule has 1 aliphatic rings. The van der Waals surface area contributed by atoms with Crippen LogP contribution in [0, 0.1) is 0 Å². The molecule has 0 spiro atoms. The molecule has 13 nitrogen and oxygen atoms in total. The van der Waals surface area contributed by atoms with E-state index in [0.717, 1.165) is 109 Å². The van der Waals surface area contributed by atoms with Crippen LogP contribution in [0.5, 0.6) is 0 Å². The molecule has 1 fully saturated rings. The molecular weight excluding hydrogens is 767 g/mol. The average Bonchev–Trinajstić information content (AvgIpc) is 3.20. The summed E-state index contributed by atoms with van der Waals surface area (Å²) in [4.78, 5) is 35.6. The zero-order valence-electron chi connectivity index (χ0n) is 35.1. The van der Waals surface area contributed by atoms with E-state index >= 15 is 0 Å². The van der Waals surface area contributed by atoms with Gasteiger partial charge < -0.3 is 39.9 Å². The molecule has 1 saturated carbocycles. The van der Waals surface area contributed by atoms with Crippen LogP contribution in [-0.2, 0) is 32.7 Å². The minimum atomic E-state index is -5.12. The fourth-order valence-electron chi connectivity index (χ4n) is 6.10. The molecule has 1 rings (SSSR count). The quantitative estimate of drug-likeness (QED) is 0.0159. The summed E-state index contributed by atoms with van der Waals surface area (Å²) in [6, 6.07) is 0. The Labute approximate surface area is 347 Å². The minimum absolute atomic E-state index is 0.0760. The van der Waals surface area contributed by atoms with Gasteiger partial charge in [0.1, 0.15) is 43.2 Å². The van der Waals surface area contributed by atoms with E-state index in [1.165, 1.54) is 0 Å². The number of aliphatic hydroxyl groups is 5. The van der Waals surface area contributed by atoms with Crippen molar-refractivity contribution in [1.82, 2.24) is 0 Å². The van der Waals surface area contributed by atoms with Gasteiger partial charge in [0.25, 0.3) is 0 Å². The fraction of sp³-hybridized carbons (Fsp3) is 0.727. The first-order valence-corrected chi connectivity index (χ1v) is 23.1. The Morgan fingerprint density at radius 3 is 1.52 bits per heavy atom. The Morgan fingerprint density at radius 2 is 0.983 bits per heavy atom. The molecule has 0 bridgehead atoms. The highest BCUT2D eigenvalue weighted by Crippen LogP contribution is 2.47. The third-order valence-corrected chi connectivity index (χ3v) is 10.6. The Kier molecular flexibility index (Phi) is 31.7. The third kappa shape index (κ3) is 26.6. The van der Waals surface area contributed by atoms with Gasteiger partial charge in [0.15, 0.2) is 6.10 Å². The molecule has 0 aromatic rings. The van der Waals surface area contributed by atoms with Crippen molar-refractivity contribution in [3.8, 4) is 0 Å². The molecule has 6 N–H and O–H groups in total. The van der Waals surface area contributed by atoms with E-state index in [9.17, 15) is 44.6 Å². The second kappa shape index (κ2) is 34.3. The lowest BCUT2D eigenvalue weighted by molar-refractivity contribution is -0.220. The summed E-state index contributed by atoms with van der Waals surface area (Å²) in [6.45, 7) is 3.08. The maximum absolute atomic E-state index is 12.8. The van der Waals surface area contributed by atoms with Gasteiger partial charge in [0, 0.05) is 12.8 Å². The number of allylic oxidation sites excluding steroid dienone is 10. The number of esters is 2. The molecule has 334 valence electrons. The molecule has 14 heteroatoms. The van der Waals surface area contributed by atoms with Crippen LogP contribution in [0.15, 0.2) is 60.8 Å². The highest BCUT2D eigenvalue weighted by Gasteiger charge is 2.51. The summed E-state index contributed by atoms with van der Waals surface area (Å²) in [7, 11) is -5.12. The number of phosphoric ester groups is 1. The van der Waals surface area contributed by atoms with Gasteiger partial charge in [-0.3, -0.25) is 18.6 Å². The molecule has 6 unspecified atom stereocenters. The Morgan fingerprint density at radius 1 is 0.552 bits per heavy atom. The summed E-state index contributed by atoms with van der Waals surface area (Å²) in [6.07, 6.45) is 27.2. The molecule has 58 heavy (non-hydrogen) atoms. The van der Waals surface area contributed by atoms with Crippen LogP contribution in [0.25, 0.3) is 0 Å². The summed E-state index contributed by atoms with van der Waals surface area (Å²) < 4.78 is 33.4. The maximum atomic E-state index is 12.8. The molecule has 1 aliphatic carbocycles. The standard InChI is InChI=1S/C44H75O13P/c1-3-5-7-9-11-13-15-16-17-18-19-20-21-22-23-25-27-29-31-33-38(46)56-36(34-54-37(45)32-30-28-26-24-14-12-10-8-6-4-2)35-55-58(52,53)57-44-42(50)40(48)39(47)41(49)43(44)51/h5,7-8,10-11,13,16-17,19-20,36,39-44,47-51H,3-4,6,9,12,14-15,18,21-35H2,1-2H3,(H,52,53)/b7-5-,10-8-,13-11-,17-16-,20-19-. The van der Waals surface area contributed by atoms with Crippen molar-refractivity contribution in [2.45, 2.75) is 191 Å². The van der Waals surface area contributed by atoms with Gasteiger partial charge >= 0.3 is 19.8 Å². The first-order valence-electron chi connectivity index (χ1n) is 21.6. The van der Waals surface area contributed by atoms with Crippen LogP contribution >= 0.6 is 7.82 Å². The lowest BCUT2D eigenvalue weighted by Gasteiger charge is -2.41. The van der Waals surface area contributed by atoms with Crippen molar-refractivity contribution in [3.63, 3.8) is 0 Å². The molecule has 0 saturated heterocycles. The van der Waals surface area contributed by atoms with E-state index in [1.807, 2.05) is 0 Å². The van der Waals surface area contributed by atoms with Crippen molar-refractivity contribution >= 4 is 19.8 Å². The number of carbonyl (C=O) groups excluding carboxylic acids is 2. The number of carbonyl (C=O) groups is 2. The first-order chi connectivity index (χ1) is 27.9. The monoisotopic (exact) mass is 842 g/mol. The zero-order chi connectivity index (χ0) is 42.9. The van der Waals surface area contributed by atoms with Crippen LogP contribution in [0.1, 0.15) is 149 Å². The lowest BCUT2D eigenvalue weighted by Crippen LogP contribution is -2.64. The van der Waals surface area contributed by atoms with E-state index in [-0.39, 0.29) is 12.8 Å². The highest BCUT2D eigenvalue weighted by atomic mass is 31.2. The fourth-order valence-corrected chi connectivity index (χ4v) is 7.08. The molecule has 0 aromatic heterocycles. The predicted molar refractivity (Wildman–Crippen MR) is 226 cm³/mol. The SMILES string of the molecule is CC/C=C\C/C=C\C/C=C\C/C=C\CCCCCCCCC(=O)OC(COC(=O)CCCCCCC/C=C\CCC)COP(=O)(O)OC1C(O)C(O)C(O)C(O)C1O. The molecule has 0 aromatic carbocycles.